The van der Waals surface area contributed by atoms with Crippen LogP contribution in [0.3, 0.4) is 0 Å². The van der Waals surface area contributed by atoms with E-state index in [0.29, 0.717) is 13.1 Å². The van der Waals surface area contributed by atoms with Crippen LogP contribution < -0.4 is 5.32 Å². The van der Waals surface area contributed by atoms with E-state index < -0.39 is 0 Å². The van der Waals surface area contributed by atoms with Gasteiger partial charge in [-0.15, -0.1) is 11.3 Å². The minimum atomic E-state index is -0.0467. The molecule has 3 heterocycles. The van der Waals surface area contributed by atoms with Gasteiger partial charge in [0.05, 0.1) is 12.5 Å². The van der Waals surface area contributed by atoms with Crippen molar-refractivity contribution in [2.45, 2.75) is 38.6 Å². The number of carbonyl (C=O) groups excluding carboxylic acids is 2. The fourth-order valence-electron chi connectivity index (χ4n) is 3.42. The summed E-state index contributed by atoms with van der Waals surface area (Å²) in [5, 5.41) is 4.98. The molecule has 3 amide bonds. The van der Waals surface area contributed by atoms with E-state index in [-0.39, 0.29) is 17.9 Å². The van der Waals surface area contributed by atoms with Crippen molar-refractivity contribution in [1.29, 1.82) is 0 Å². The quantitative estimate of drug-likeness (QED) is 0.923. The molecule has 0 radical (unpaired) electrons. The molecule has 6 heteroatoms. The van der Waals surface area contributed by atoms with Gasteiger partial charge in [-0.25, -0.2) is 4.79 Å². The molecule has 1 aromatic rings. The van der Waals surface area contributed by atoms with Crippen molar-refractivity contribution in [1.82, 2.24) is 15.1 Å². The third kappa shape index (κ3) is 4.25. The molecule has 1 atom stereocenters. The zero-order valence-electron chi connectivity index (χ0n) is 13.5. The van der Waals surface area contributed by atoms with Crippen molar-refractivity contribution >= 4 is 23.3 Å². The Morgan fingerprint density at radius 1 is 1.13 bits per heavy atom. The first kappa shape index (κ1) is 16.3. The van der Waals surface area contributed by atoms with Crippen LogP contribution in [0.4, 0.5) is 4.79 Å². The van der Waals surface area contributed by atoms with Gasteiger partial charge in [-0.1, -0.05) is 6.07 Å². The molecular formula is C17H25N3O2S. The van der Waals surface area contributed by atoms with Gasteiger partial charge in [0.25, 0.3) is 0 Å². The summed E-state index contributed by atoms with van der Waals surface area (Å²) >= 11 is 1.64. The average molecular weight is 335 g/mol. The van der Waals surface area contributed by atoms with Gasteiger partial charge in [0.1, 0.15) is 0 Å². The second-order valence-corrected chi connectivity index (χ2v) is 7.44. The van der Waals surface area contributed by atoms with Gasteiger partial charge in [-0.3, -0.25) is 4.79 Å². The molecule has 0 bridgehead atoms. The van der Waals surface area contributed by atoms with Crippen LogP contribution >= 0.6 is 11.3 Å². The Labute approximate surface area is 141 Å². The number of hydrogen-bond donors (Lipinski definition) is 1. The molecule has 1 N–H and O–H groups in total. The van der Waals surface area contributed by atoms with Gasteiger partial charge in [0.15, 0.2) is 0 Å². The van der Waals surface area contributed by atoms with E-state index in [2.05, 4.69) is 5.32 Å². The Morgan fingerprint density at radius 3 is 2.65 bits per heavy atom. The number of thiophene rings is 1. The number of piperidine rings is 2. The highest BCUT2D eigenvalue weighted by atomic mass is 32.1. The van der Waals surface area contributed by atoms with Gasteiger partial charge in [-0.2, -0.15) is 0 Å². The molecule has 2 aliphatic rings. The minimum absolute atomic E-state index is 0.0191. The summed E-state index contributed by atoms with van der Waals surface area (Å²) in [4.78, 5) is 29.9. The molecule has 0 aromatic carbocycles. The predicted octanol–water partition coefficient (Wildman–Crippen LogP) is 2.68. The smallest absolute Gasteiger partial charge is 0.317 e. The van der Waals surface area contributed by atoms with Crippen molar-refractivity contribution in [2.24, 2.45) is 5.92 Å². The number of nitrogens with zero attached hydrogens (tertiary/aromatic N) is 2. The summed E-state index contributed by atoms with van der Waals surface area (Å²) < 4.78 is 0. The zero-order valence-corrected chi connectivity index (χ0v) is 14.3. The topological polar surface area (TPSA) is 52.7 Å². The first-order valence-corrected chi connectivity index (χ1v) is 9.46. The van der Waals surface area contributed by atoms with Crippen molar-refractivity contribution in [3.63, 3.8) is 0 Å². The Kier molecular flexibility index (Phi) is 5.54. The molecule has 2 saturated heterocycles. The molecule has 0 spiro atoms. The Hall–Kier alpha value is -1.56. The lowest BCUT2D eigenvalue weighted by atomic mass is 9.95. The van der Waals surface area contributed by atoms with Gasteiger partial charge >= 0.3 is 6.03 Å². The van der Waals surface area contributed by atoms with E-state index in [1.54, 1.807) is 11.3 Å². The van der Waals surface area contributed by atoms with Crippen LogP contribution in [0.5, 0.6) is 0 Å². The van der Waals surface area contributed by atoms with Crippen molar-refractivity contribution in [2.75, 3.05) is 26.2 Å². The second-order valence-electron chi connectivity index (χ2n) is 6.41. The molecule has 0 aliphatic carbocycles. The largest absolute Gasteiger partial charge is 0.342 e. The summed E-state index contributed by atoms with van der Waals surface area (Å²) in [6, 6.07) is 3.96. The summed E-state index contributed by atoms with van der Waals surface area (Å²) in [7, 11) is 0. The van der Waals surface area contributed by atoms with E-state index in [4.69, 9.17) is 0 Å². The van der Waals surface area contributed by atoms with Crippen LogP contribution in [-0.2, 0) is 11.3 Å². The molecular weight excluding hydrogens is 310 g/mol. The van der Waals surface area contributed by atoms with Gasteiger partial charge in [-0.05, 0) is 43.6 Å². The van der Waals surface area contributed by atoms with Crippen LogP contribution in [0, 0.1) is 5.92 Å². The maximum absolute atomic E-state index is 12.6. The first-order chi connectivity index (χ1) is 11.2. The highest BCUT2D eigenvalue weighted by Crippen LogP contribution is 2.21. The van der Waals surface area contributed by atoms with Crippen molar-refractivity contribution in [3.8, 4) is 0 Å². The van der Waals surface area contributed by atoms with Crippen LogP contribution in [0.25, 0.3) is 0 Å². The van der Waals surface area contributed by atoms with Crippen molar-refractivity contribution < 1.29 is 9.59 Å². The van der Waals surface area contributed by atoms with Gasteiger partial charge < -0.3 is 15.1 Å². The lowest BCUT2D eigenvalue weighted by Crippen LogP contribution is -2.50. The van der Waals surface area contributed by atoms with Crippen LogP contribution in [0.1, 0.15) is 37.0 Å². The van der Waals surface area contributed by atoms with Gasteiger partial charge in [0.2, 0.25) is 5.91 Å². The van der Waals surface area contributed by atoms with E-state index in [9.17, 15) is 9.59 Å². The number of urea groups is 1. The molecule has 1 unspecified atom stereocenters. The fraction of sp³-hybridized carbons (Fsp3) is 0.647. The van der Waals surface area contributed by atoms with Gasteiger partial charge in [0, 0.05) is 31.1 Å². The van der Waals surface area contributed by atoms with Crippen LogP contribution in [0.2, 0.25) is 0 Å². The SMILES string of the molecule is O=C(NCc1cccs1)N1CCCC(C(=O)N2CCCCC2)C1. The van der Waals surface area contributed by atoms with E-state index in [1.165, 1.54) is 6.42 Å². The fourth-order valence-corrected chi connectivity index (χ4v) is 4.07. The highest BCUT2D eigenvalue weighted by Gasteiger charge is 2.31. The zero-order chi connectivity index (χ0) is 16.1. The molecule has 1 aromatic heterocycles. The lowest BCUT2D eigenvalue weighted by molar-refractivity contribution is -0.137. The molecule has 0 saturated carbocycles. The number of nitrogens with one attached hydrogen (secondary N) is 1. The molecule has 2 fully saturated rings. The summed E-state index contributed by atoms with van der Waals surface area (Å²) in [5.74, 6) is 0.231. The van der Waals surface area contributed by atoms with E-state index >= 15 is 0 Å². The second kappa shape index (κ2) is 7.81. The van der Waals surface area contributed by atoms with E-state index in [1.807, 2.05) is 27.3 Å². The number of amides is 3. The molecule has 3 rings (SSSR count). The Morgan fingerprint density at radius 2 is 1.91 bits per heavy atom. The lowest BCUT2D eigenvalue weighted by Gasteiger charge is -2.36. The summed E-state index contributed by atoms with van der Waals surface area (Å²) in [6.45, 7) is 3.66. The Bertz CT molecular complexity index is 526. The molecule has 23 heavy (non-hydrogen) atoms. The monoisotopic (exact) mass is 335 g/mol. The van der Waals surface area contributed by atoms with E-state index in [0.717, 1.165) is 50.2 Å². The average Bonchev–Trinajstić information content (AvgIpc) is 3.13. The van der Waals surface area contributed by atoms with Crippen molar-refractivity contribution in [3.05, 3.63) is 22.4 Å². The molecule has 5 nitrogen and oxygen atoms in total. The third-order valence-electron chi connectivity index (χ3n) is 4.72. The Balaban J connectivity index is 1.50. The molecule has 126 valence electrons. The standard InChI is InChI=1S/C17H25N3O2S/c21-16(19-8-2-1-3-9-19)14-6-4-10-20(13-14)17(22)18-12-15-7-5-11-23-15/h5,7,11,14H,1-4,6,8-10,12-13H2,(H,18,22). The summed E-state index contributed by atoms with van der Waals surface area (Å²) in [5.41, 5.74) is 0. The predicted molar refractivity (Wildman–Crippen MR) is 91.3 cm³/mol. The summed E-state index contributed by atoms with van der Waals surface area (Å²) in [6.07, 6.45) is 5.28. The minimum Gasteiger partial charge on any atom is -0.342 e. The number of carbonyl (C=O) groups is 2. The normalized spacial score (nSPS) is 22.0. The number of hydrogen-bond acceptors (Lipinski definition) is 3. The maximum atomic E-state index is 12.6. The first-order valence-electron chi connectivity index (χ1n) is 8.58. The molecule has 2 aliphatic heterocycles. The number of rotatable bonds is 3. The van der Waals surface area contributed by atoms with Crippen LogP contribution in [0.15, 0.2) is 17.5 Å². The van der Waals surface area contributed by atoms with Crippen LogP contribution in [-0.4, -0.2) is 47.9 Å². The highest BCUT2D eigenvalue weighted by molar-refractivity contribution is 7.09. The number of likely N-dealkylation sites (tertiary alicyclic amines) is 2. The third-order valence-corrected chi connectivity index (χ3v) is 5.60. The maximum Gasteiger partial charge on any atom is 0.317 e.